The highest BCUT2D eigenvalue weighted by Crippen LogP contribution is 2.34. The van der Waals surface area contributed by atoms with Crippen LogP contribution in [-0.4, -0.2) is 29.9 Å². The molecule has 6 nitrogen and oxygen atoms in total. The van der Waals surface area contributed by atoms with Crippen molar-refractivity contribution >= 4 is 23.4 Å². The van der Waals surface area contributed by atoms with E-state index < -0.39 is 22.9 Å². The summed E-state index contributed by atoms with van der Waals surface area (Å²) in [4.78, 5) is 39.3. The molecule has 0 fully saturated rings. The molecule has 0 radical (unpaired) electrons. The van der Waals surface area contributed by atoms with Gasteiger partial charge in [0.25, 0.3) is 0 Å². The number of esters is 1. The van der Waals surface area contributed by atoms with Gasteiger partial charge in [-0.3, -0.25) is 9.59 Å². The second kappa shape index (κ2) is 4.75. The maximum Gasteiger partial charge on any atom is 0.329 e. The summed E-state index contributed by atoms with van der Waals surface area (Å²) in [6.45, 7) is 0. The van der Waals surface area contributed by atoms with Crippen molar-refractivity contribution in [2.45, 2.75) is 11.1 Å². The van der Waals surface area contributed by atoms with Crippen LogP contribution in [0.5, 0.6) is 0 Å². The highest BCUT2D eigenvalue weighted by atomic mass is 32.2. The quantitative estimate of drug-likeness (QED) is 0.601. The van der Waals surface area contributed by atoms with Gasteiger partial charge in [-0.15, -0.1) is 11.8 Å². The van der Waals surface area contributed by atoms with Crippen LogP contribution in [0.3, 0.4) is 0 Å². The topological polar surface area (TPSA) is 85.4 Å². The van der Waals surface area contributed by atoms with Crippen molar-refractivity contribution in [2.24, 2.45) is 0 Å². The van der Waals surface area contributed by atoms with Gasteiger partial charge in [-0.1, -0.05) is 0 Å². The minimum Gasteiger partial charge on any atom is -0.467 e. The van der Waals surface area contributed by atoms with Crippen LogP contribution in [0, 0.1) is 0 Å². The third-order valence-corrected chi connectivity index (χ3v) is 4.24. The molecule has 102 valence electrons. The Bertz CT molecular complexity index is 764. The zero-order valence-corrected chi connectivity index (χ0v) is 11.3. The maximum atomic E-state index is 11.8. The van der Waals surface area contributed by atoms with Crippen molar-refractivity contribution in [3.8, 4) is 11.1 Å². The van der Waals surface area contributed by atoms with E-state index in [1.165, 1.54) is 18.9 Å². The van der Waals surface area contributed by atoms with Gasteiger partial charge < -0.3 is 10.1 Å². The van der Waals surface area contributed by atoms with Crippen molar-refractivity contribution in [3.63, 3.8) is 0 Å². The summed E-state index contributed by atoms with van der Waals surface area (Å²) in [5.74, 6) is -0.106. The Morgan fingerprint density at radius 1 is 1.45 bits per heavy atom. The van der Waals surface area contributed by atoms with Gasteiger partial charge in [0.05, 0.1) is 18.4 Å². The van der Waals surface area contributed by atoms with E-state index in [-0.39, 0.29) is 5.69 Å². The largest absolute Gasteiger partial charge is 0.467 e. The Hall–Kier alpha value is -2.15. The molecule has 2 heterocycles. The second-order valence-corrected chi connectivity index (χ2v) is 5.30. The van der Waals surface area contributed by atoms with Crippen molar-refractivity contribution in [2.75, 3.05) is 18.2 Å². The second-order valence-electron chi connectivity index (χ2n) is 4.30. The number of thioether (sulfide) groups is 1. The molecule has 2 aromatic rings. The van der Waals surface area contributed by atoms with Crippen molar-refractivity contribution in [3.05, 3.63) is 38.8 Å². The SMILES string of the molecule is COC(=O)[C@H]1CSc2ncccc2-c2c(c(=O)c2=O)N1. The Balaban J connectivity index is 2.13. The minimum absolute atomic E-state index is 0.181. The molecule has 1 aliphatic heterocycles. The van der Waals surface area contributed by atoms with Crippen LogP contribution in [0.2, 0.25) is 0 Å². The summed E-state index contributed by atoms with van der Waals surface area (Å²) >= 11 is 1.35. The van der Waals surface area contributed by atoms with Crippen LogP contribution in [0.15, 0.2) is 32.9 Å². The molecular weight excluding hydrogens is 280 g/mol. The molecule has 1 aliphatic rings. The molecule has 0 amide bonds. The molecule has 1 aromatic carbocycles. The Morgan fingerprint density at radius 3 is 3.00 bits per heavy atom. The standard InChI is InChI=1S/C13H10N2O4S/c1-19-13(18)7-5-20-12-6(3-2-4-14-12)8-9(15-7)11(17)10(8)16/h2-4,7,15H,5H2,1H3/t7-/m1/s1. The highest BCUT2D eigenvalue weighted by molar-refractivity contribution is 7.99. The molecule has 1 atom stereocenters. The number of carbonyl (C=O) groups is 1. The number of nitrogens with zero attached hydrogens (tertiary/aromatic N) is 1. The van der Waals surface area contributed by atoms with Crippen LogP contribution in [0.1, 0.15) is 0 Å². The number of hydrogen-bond acceptors (Lipinski definition) is 7. The average molecular weight is 290 g/mol. The van der Waals surface area contributed by atoms with Crippen LogP contribution in [-0.2, 0) is 9.53 Å². The summed E-state index contributed by atoms with van der Waals surface area (Å²) < 4.78 is 4.69. The third-order valence-electron chi connectivity index (χ3n) is 3.14. The summed E-state index contributed by atoms with van der Waals surface area (Å²) in [7, 11) is 1.28. The van der Waals surface area contributed by atoms with Crippen molar-refractivity contribution in [1.82, 2.24) is 4.98 Å². The number of hydrogen-bond donors (Lipinski definition) is 1. The molecule has 0 saturated heterocycles. The summed E-state index contributed by atoms with van der Waals surface area (Å²) in [6, 6.07) is 2.77. The molecule has 3 rings (SSSR count). The average Bonchev–Trinajstić information content (AvgIpc) is 2.47. The monoisotopic (exact) mass is 290 g/mol. The smallest absolute Gasteiger partial charge is 0.329 e. The summed E-state index contributed by atoms with van der Waals surface area (Å²) in [5.41, 5.74) is -0.0319. The fraction of sp³-hybridized carbons (Fsp3) is 0.231. The fourth-order valence-corrected chi connectivity index (χ4v) is 3.13. The van der Waals surface area contributed by atoms with E-state index in [0.29, 0.717) is 21.9 Å². The van der Waals surface area contributed by atoms with Crippen LogP contribution < -0.4 is 16.2 Å². The number of ether oxygens (including phenoxy) is 1. The fourth-order valence-electron chi connectivity index (χ4n) is 2.13. The molecule has 0 aliphatic carbocycles. The number of rotatable bonds is 1. The summed E-state index contributed by atoms with van der Waals surface area (Å²) in [6.07, 6.45) is 1.61. The molecule has 1 N–H and O–H groups in total. The van der Waals surface area contributed by atoms with Crippen LogP contribution in [0.25, 0.3) is 11.1 Å². The Kier molecular flexibility index (Phi) is 3.06. The van der Waals surface area contributed by atoms with E-state index >= 15 is 0 Å². The van der Waals surface area contributed by atoms with Gasteiger partial charge in [0.15, 0.2) is 0 Å². The van der Waals surface area contributed by atoms with E-state index in [1.54, 1.807) is 18.3 Å². The molecule has 20 heavy (non-hydrogen) atoms. The number of anilines is 1. The van der Waals surface area contributed by atoms with Gasteiger partial charge in [0, 0.05) is 17.5 Å². The lowest BCUT2D eigenvalue weighted by Gasteiger charge is -2.23. The Labute approximate surface area is 117 Å². The molecule has 0 spiro atoms. The predicted octanol–water partition coefficient (Wildman–Crippen LogP) is 0.404. The van der Waals surface area contributed by atoms with E-state index in [4.69, 9.17) is 0 Å². The van der Waals surface area contributed by atoms with Gasteiger partial charge in [-0.25, -0.2) is 9.78 Å². The first-order chi connectivity index (χ1) is 9.63. The highest BCUT2D eigenvalue weighted by Gasteiger charge is 2.31. The number of pyridine rings is 1. The van der Waals surface area contributed by atoms with Gasteiger partial charge in [0.1, 0.15) is 11.1 Å². The summed E-state index contributed by atoms with van der Waals surface area (Å²) in [5, 5.41) is 3.45. The normalized spacial score (nSPS) is 17.4. The number of nitrogens with one attached hydrogen (secondary N) is 1. The lowest BCUT2D eigenvalue weighted by Crippen LogP contribution is -2.43. The first kappa shape index (κ1) is 12.9. The molecular formula is C13H10N2O4S. The number of carbonyl (C=O) groups excluding carboxylic acids is 1. The first-order valence-electron chi connectivity index (χ1n) is 5.89. The van der Waals surface area contributed by atoms with Crippen LogP contribution >= 0.6 is 11.8 Å². The molecule has 7 heteroatoms. The molecule has 0 unspecified atom stereocenters. The van der Waals surface area contributed by atoms with Crippen LogP contribution in [0.4, 0.5) is 5.69 Å². The zero-order valence-electron chi connectivity index (χ0n) is 10.5. The predicted molar refractivity (Wildman–Crippen MR) is 74.7 cm³/mol. The lowest BCUT2D eigenvalue weighted by atomic mass is 9.99. The van der Waals surface area contributed by atoms with Crippen molar-refractivity contribution in [1.29, 1.82) is 0 Å². The number of methoxy groups -OCH3 is 1. The van der Waals surface area contributed by atoms with Crippen molar-refractivity contribution < 1.29 is 9.53 Å². The van der Waals surface area contributed by atoms with E-state index in [2.05, 4.69) is 15.0 Å². The van der Waals surface area contributed by atoms with E-state index in [0.717, 1.165) is 0 Å². The van der Waals surface area contributed by atoms with E-state index in [1.807, 2.05) is 0 Å². The minimum atomic E-state index is -0.679. The number of fused-ring (bicyclic) bond motifs is 3. The lowest BCUT2D eigenvalue weighted by molar-refractivity contribution is -0.140. The molecule has 1 aromatic heterocycles. The maximum absolute atomic E-state index is 11.8. The zero-order chi connectivity index (χ0) is 14.3. The van der Waals surface area contributed by atoms with Gasteiger partial charge in [-0.05, 0) is 12.1 Å². The Morgan fingerprint density at radius 2 is 2.25 bits per heavy atom. The molecule has 0 saturated carbocycles. The number of aromatic nitrogens is 1. The first-order valence-corrected chi connectivity index (χ1v) is 6.88. The molecule has 0 bridgehead atoms. The third kappa shape index (κ3) is 1.82. The van der Waals surface area contributed by atoms with Gasteiger partial charge in [0.2, 0.25) is 10.9 Å². The van der Waals surface area contributed by atoms with E-state index in [9.17, 15) is 14.4 Å². The van der Waals surface area contributed by atoms with Gasteiger partial charge >= 0.3 is 5.97 Å². The van der Waals surface area contributed by atoms with Gasteiger partial charge in [-0.2, -0.15) is 0 Å².